The predicted molar refractivity (Wildman–Crippen MR) is 86.3 cm³/mol. The molecule has 124 valence electrons. The van der Waals surface area contributed by atoms with Gasteiger partial charge in [0.1, 0.15) is 11.1 Å². The van der Waals surface area contributed by atoms with E-state index in [0.717, 1.165) is 5.56 Å². The molecule has 1 rings (SSSR count). The van der Waals surface area contributed by atoms with E-state index in [4.69, 9.17) is 14.2 Å². The minimum absolute atomic E-state index is 0.290. The second kappa shape index (κ2) is 7.01. The van der Waals surface area contributed by atoms with Crippen LogP contribution in [0.2, 0.25) is 0 Å². The zero-order valence-corrected chi connectivity index (χ0v) is 14.6. The Kier molecular flexibility index (Phi) is 5.83. The third-order valence-corrected chi connectivity index (χ3v) is 3.11. The van der Waals surface area contributed by atoms with Gasteiger partial charge in [-0.25, -0.2) is 0 Å². The second-order valence-corrected chi connectivity index (χ2v) is 6.63. The fourth-order valence-corrected chi connectivity index (χ4v) is 1.89. The van der Waals surface area contributed by atoms with Crippen molar-refractivity contribution in [2.75, 3.05) is 14.2 Å². The van der Waals surface area contributed by atoms with Gasteiger partial charge in [-0.2, -0.15) is 0 Å². The van der Waals surface area contributed by atoms with Gasteiger partial charge in [-0.3, -0.25) is 10.1 Å². The third-order valence-electron chi connectivity index (χ3n) is 3.11. The summed E-state index contributed by atoms with van der Waals surface area (Å²) in [5.74, 6) is 1.04. The zero-order chi connectivity index (χ0) is 17.0. The Morgan fingerprint density at radius 3 is 2.23 bits per heavy atom. The number of carbonyl (C=O) groups excluding carboxylic acids is 1. The van der Waals surface area contributed by atoms with Gasteiger partial charge in [-0.05, 0) is 40.7 Å². The molecule has 0 spiro atoms. The van der Waals surface area contributed by atoms with E-state index in [1.807, 2.05) is 39.0 Å². The van der Waals surface area contributed by atoms with Crippen molar-refractivity contribution in [2.24, 2.45) is 0 Å². The molecule has 22 heavy (non-hydrogen) atoms. The van der Waals surface area contributed by atoms with Gasteiger partial charge < -0.3 is 14.2 Å². The summed E-state index contributed by atoms with van der Waals surface area (Å²) < 4.78 is 16.1. The van der Waals surface area contributed by atoms with E-state index in [1.54, 1.807) is 28.1 Å². The monoisotopic (exact) mass is 309 g/mol. The van der Waals surface area contributed by atoms with E-state index in [1.165, 1.54) is 0 Å². The van der Waals surface area contributed by atoms with E-state index >= 15 is 0 Å². The molecule has 0 bridgehead atoms. The van der Waals surface area contributed by atoms with Crippen LogP contribution >= 0.6 is 0 Å². The van der Waals surface area contributed by atoms with Crippen molar-refractivity contribution in [1.29, 1.82) is 0 Å². The van der Waals surface area contributed by atoms with Crippen LogP contribution in [0.25, 0.3) is 0 Å². The molecule has 0 aliphatic heterocycles. The first-order valence-corrected chi connectivity index (χ1v) is 7.29. The fourth-order valence-electron chi connectivity index (χ4n) is 1.89. The van der Waals surface area contributed by atoms with Gasteiger partial charge in [0.2, 0.25) is 0 Å². The Morgan fingerprint density at radius 1 is 1.09 bits per heavy atom. The van der Waals surface area contributed by atoms with Crippen LogP contribution in [0.1, 0.15) is 40.2 Å². The summed E-state index contributed by atoms with van der Waals surface area (Å²) >= 11 is 0. The maximum Gasteiger partial charge on any atom is 0.326 e. The quantitative estimate of drug-likeness (QED) is 0.819. The molecule has 0 aromatic heterocycles. The van der Waals surface area contributed by atoms with Crippen molar-refractivity contribution in [3.05, 3.63) is 23.8 Å². The number of ether oxygens (including phenoxy) is 3. The van der Waals surface area contributed by atoms with Crippen LogP contribution < -0.4 is 14.8 Å². The van der Waals surface area contributed by atoms with E-state index in [0.29, 0.717) is 18.0 Å². The maximum absolute atomic E-state index is 12.2. The van der Waals surface area contributed by atoms with Crippen LogP contribution in [0.3, 0.4) is 0 Å². The number of benzene rings is 1. The highest BCUT2D eigenvalue weighted by Gasteiger charge is 2.32. The van der Waals surface area contributed by atoms with Crippen molar-refractivity contribution in [2.45, 2.75) is 52.3 Å². The molecule has 0 heterocycles. The summed E-state index contributed by atoms with van der Waals surface area (Å²) in [7, 11) is 3.19. The van der Waals surface area contributed by atoms with Crippen LogP contribution in [0.15, 0.2) is 18.2 Å². The molecule has 0 saturated heterocycles. The Morgan fingerprint density at radius 2 is 1.73 bits per heavy atom. The highest BCUT2D eigenvalue weighted by atomic mass is 16.6. The number of hydrogen-bond acceptors (Lipinski definition) is 5. The molecule has 0 aliphatic carbocycles. The summed E-state index contributed by atoms with van der Waals surface area (Å²) in [5, 5.41) is 3.21. The molecule has 5 nitrogen and oxygen atoms in total. The fraction of sp³-hybridized carbons (Fsp3) is 0.588. The van der Waals surface area contributed by atoms with E-state index < -0.39 is 11.1 Å². The lowest BCUT2D eigenvalue weighted by Gasteiger charge is -2.29. The molecule has 0 saturated carbocycles. The molecule has 0 fully saturated rings. The number of esters is 1. The first-order valence-electron chi connectivity index (χ1n) is 7.29. The predicted octanol–water partition coefficient (Wildman–Crippen LogP) is 2.91. The Hall–Kier alpha value is -1.75. The Bertz CT molecular complexity index is 518. The lowest BCUT2D eigenvalue weighted by molar-refractivity contribution is -0.161. The van der Waals surface area contributed by atoms with Crippen LogP contribution in [0.4, 0.5) is 0 Å². The van der Waals surface area contributed by atoms with Gasteiger partial charge in [0.25, 0.3) is 0 Å². The average Bonchev–Trinajstić information content (AvgIpc) is 2.42. The molecular weight excluding hydrogens is 282 g/mol. The van der Waals surface area contributed by atoms with Crippen molar-refractivity contribution in [1.82, 2.24) is 5.32 Å². The molecule has 0 aliphatic rings. The summed E-state index contributed by atoms with van der Waals surface area (Å²) in [4.78, 5) is 12.2. The minimum atomic E-state index is -0.804. The van der Waals surface area contributed by atoms with Gasteiger partial charge >= 0.3 is 5.97 Å². The Balaban J connectivity index is 2.83. The molecule has 0 unspecified atom stereocenters. The third kappa shape index (κ3) is 4.91. The van der Waals surface area contributed by atoms with Crippen LogP contribution in [-0.2, 0) is 16.1 Å². The highest BCUT2D eigenvalue weighted by Crippen LogP contribution is 2.30. The molecule has 1 N–H and O–H groups in total. The van der Waals surface area contributed by atoms with E-state index in [-0.39, 0.29) is 5.97 Å². The number of carbonyl (C=O) groups is 1. The number of hydrogen-bond donors (Lipinski definition) is 1. The normalized spacial score (nSPS) is 12.0. The highest BCUT2D eigenvalue weighted by molar-refractivity contribution is 5.80. The number of para-hydroxylation sites is 1. The van der Waals surface area contributed by atoms with E-state index in [9.17, 15) is 4.79 Å². The Labute approximate surface area is 132 Å². The van der Waals surface area contributed by atoms with Crippen molar-refractivity contribution in [3.63, 3.8) is 0 Å². The molecule has 1 aromatic carbocycles. The molecule has 1 aromatic rings. The van der Waals surface area contributed by atoms with Crippen molar-refractivity contribution >= 4 is 5.97 Å². The van der Waals surface area contributed by atoms with Gasteiger partial charge in [0, 0.05) is 12.1 Å². The van der Waals surface area contributed by atoms with Crippen LogP contribution in [-0.4, -0.2) is 31.3 Å². The van der Waals surface area contributed by atoms with Gasteiger partial charge in [0.15, 0.2) is 11.5 Å². The standard InChI is InChI=1S/C17H27NO4/c1-16(2,3)22-15(19)17(4,5)18-11-12-9-8-10-13(20-6)14(12)21-7/h8-10,18H,11H2,1-7H3. The first-order chi connectivity index (χ1) is 10.1. The largest absolute Gasteiger partial charge is 0.493 e. The van der Waals surface area contributed by atoms with Crippen molar-refractivity contribution in [3.8, 4) is 11.5 Å². The molecule has 0 radical (unpaired) electrons. The van der Waals surface area contributed by atoms with Gasteiger partial charge in [-0.15, -0.1) is 0 Å². The first kappa shape index (κ1) is 18.3. The molecular formula is C17H27NO4. The minimum Gasteiger partial charge on any atom is -0.493 e. The van der Waals surface area contributed by atoms with Crippen LogP contribution in [0.5, 0.6) is 11.5 Å². The maximum atomic E-state index is 12.2. The summed E-state index contributed by atoms with van der Waals surface area (Å²) in [6.07, 6.45) is 0. The summed E-state index contributed by atoms with van der Waals surface area (Å²) in [5.41, 5.74) is -0.399. The zero-order valence-electron chi connectivity index (χ0n) is 14.6. The number of methoxy groups -OCH3 is 2. The van der Waals surface area contributed by atoms with Gasteiger partial charge in [-0.1, -0.05) is 12.1 Å². The smallest absolute Gasteiger partial charge is 0.326 e. The lowest BCUT2D eigenvalue weighted by Crippen LogP contribution is -2.49. The number of rotatable bonds is 6. The average molecular weight is 309 g/mol. The second-order valence-electron chi connectivity index (χ2n) is 6.63. The van der Waals surface area contributed by atoms with Gasteiger partial charge in [0.05, 0.1) is 14.2 Å². The molecule has 0 atom stereocenters. The summed E-state index contributed by atoms with van der Waals surface area (Å²) in [6.45, 7) is 9.62. The van der Waals surface area contributed by atoms with E-state index in [2.05, 4.69) is 5.32 Å². The molecule has 5 heteroatoms. The summed E-state index contributed by atoms with van der Waals surface area (Å²) in [6, 6.07) is 5.65. The molecule has 0 amide bonds. The number of nitrogens with one attached hydrogen (secondary N) is 1. The van der Waals surface area contributed by atoms with Crippen molar-refractivity contribution < 1.29 is 19.0 Å². The topological polar surface area (TPSA) is 56.8 Å². The lowest BCUT2D eigenvalue weighted by atomic mass is 10.0. The van der Waals surface area contributed by atoms with Crippen LogP contribution in [0, 0.1) is 0 Å². The SMILES string of the molecule is COc1cccc(CNC(C)(C)C(=O)OC(C)(C)C)c1OC.